The molecule has 0 aliphatic heterocycles. The molecule has 0 rings (SSSR count). The van der Waals surface area contributed by atoms with Crippen LogP contribution in [-0.4, -0.2) is 12.1 Å². The molecule has 0 saturated heterocycles. The summed E-state index contributed by atoms with van der Waals surface area (Å²) in [6.45, 7) is 16.6. The molecule has 0 unspecified atom stereocenters. The number of rotatable bonds is 4. The molecule has 84 valence electrons. The summed E-state index contributed by atoms with van der Waals surface area (Å²) < 4.78 is 0. The lowest BCUT2D eigenvalue weighted by atomic mass is 9.98. The zero-order chi connectivity index (χ0) is 11.4. The molecule has 0 aromatic carbocycles. The van der Waals surface area contributed by atoms with E-state index in [1.165, 1.54) is 5.57 Å². The van der Waals surface area contributed by atoms with Gasteiger partial charge in [0.1, 0.15) is 0 Å². The van der Waals surface area contributed by atoms with E-state index in [2.05, 4.69) is 59.9 Å². The first kappa shape index (κ1) is 13.7. The van der Waals surface area contributed by atoms with E-state index in [-0.39, 0.29) is 5.54 Å². The van der Waals surface area contributed by atoms with E-state index >= 15 is 0 Å². The Labute approximate surface area is 90.0 Å². The van der Waals surface area contributed by atoms with Crippen LogP contribution in [0.1, 0.15) is 48.5 Å². The Bertz CT molecular complexity index is 182. The second kappa shape index (κ2) is 5.55. The van der Waals surface area contributed by atoms with Gasteiger partial charge in [0, 0.05) is 12.1 Å². The van der Waals surface area contributed by atoms with E-state index in [0.29, 0.717) is 11.8 Å². The zero-order valence-electron chi connectivity index (χ0n) is 10.9. The molecule has 1 nitrogen and oxygen atoms in total. The van der Waals surface area contributed by atoms with Gasteiger partial charge in [0.05, 0.1) is 0 Å². The minimum atomic E-state index is 0.213. The van der Waals surface area contributed by atoms with Gasteiger partial charge >= 0.3 is 0 Å². The first-order chi connectivity index (χ1) is 6.22. The number of nitrogens with one attached hydrogen (secondary N) is 1. The molecule has 0 atom stereocenters. The molecule has 0 heterocycles. The van der Waals surface area contributed by atoms with Crippen LogP contribution >= 0.6 is 0 Å². The van der Waals surface area contributed by atoms with Gasteiger partial charge in [0.2, 0.25) is 0 Å². The Morgan fingerprint density at radius 2 is 1.64 bits per heavy atom. The average Bonchev–Trinajstić information content (AvgIpc) is 1.94. The van der Waals surface area contributed by atoms with Gasteiger partial charge < -0.3 is 5.32 Å². The summed E-state index contributed by atoms with van der Waals surface area (Å²) in [5.41, 5.74) is 1.74. The molecule has 0 aromatic heterocycles. The Hall–Kier alpha value is -0.300. The summed E-state index contributed by atoms with van der Waals surface area (Å²) >= 11 is 0. The molecule has 0 aromatic rings. The van der Waals surface area contributed by atoms with Crippen molar-refractivity contribution in [2.24, 2.45) is 11.8 Å². The molecule has 0 saturated carbocycles. The van der Waals surface area contributed by atoms with Gasteiger partial charge in [-0.25, -0.2) is 0 Å². The van der Waals surface area contributed by atoms with Crippen molar-refractivity contribution in [3.05, 3.63) is 11.6 Å². The van der Waals surface area contributed by atoms with Crippen molar-refractivity contribution in [2.45, 2.75) is 54.0 Å². The van der Waals surface area contributed by atoms with Crippen molar-refractivity contribution < 1.29 is 0 Å². The van der Waals surface area contributed by atoms with Crippen molar-refractivity contribution in [3.8, 4) is 0 Å². The van der Waals surface area contributed by atoms with Crippen LogP contribution in [0.5, 0.6) is 0 Å². The van der Waals surface area contributed by atoms with E-state index in [0.717, 1.165) is 6.54 Å². The molecule has 0 fully saturated rings. The van der Waals surface area contributed by atoms with Crippen LogP contribution in [0.25, 0.3) is 0 Å². The fraction of sp³-hybridized carbons (Fsp3) is 0.846. The summed E-state index contributed by atoms with van der Waals surface area (Å²) in [5.74, 6) is 1.29. The predicted molar refractivity (Wildman–Crippen MR) is 65.5 cm³/mol. The lowest BCUT2D eigenvalue weighted by Gasteiger charge is -2.23. The summed E-state index contributed by atoms with van der Waals surface area (Å²) in [6.07, 6.45) is 2.38. The lowest BCUT2D eigenvalue weighted by Crippen LogP contribution is -2.37. The van der Waals surface area contributed by atoms with Crippen LogP contribution in [0.3, 0.4) is 0 Å². The minimum absolute atomic E-state index is 0.213. The fourth-order valence-electron chi connectivity index (χ4n) is 1.25. The maximum absolute atomic E-state index is 3.54. The molecule has 0 aliphatic rings. The first-order valence-electron chi connectivity index (χ1n) is 5.68. The highest BCUT2D eigenvalue weighted by atomic mass is 14.9. The SMILES string of the molecule is CC(C)C=C(CNC(C)(C)C)C(C)C. The summed E-state index contributed by atoms with van der Waals surface area (Å²) in [4.78, 5) is 0. The molecule has 0 spiro atoms. The second-order valence-electron chi connectivity index (χ2n) is 5.74. The van der Waals surface area contributed by atoms with Gasteiger partial charge in [-0.1, -0.05) is 39.3 Å². The van der Waals surface area contributed by atoms with Gasteiger partial charge in [-0.3, -0.25) is 0 Å². The topological polar surface area (TPSA) is 12.0 Å². The van der Waals surface area contributed by atoms with Gasteiger partial charge in [0.25, 0.3) is 0 Å². The highest BCUT2D eigenvalue weighted by Crippen LogP contribution is 2.13. The van der Waals surface area contributed by atoms with Gasteiger partial charge in [-0.2, -0.15) is 0 Å². The smallest absolute Gasteiger partial charge is 0.0172 e. The van der Waals surface area contributed by atoms with E-state index in [1.54, 1.807) is 0 Å². The van der Waals surface area contributed by atoms with Gasteiger partial charge in [0.15, 0.2) is 0 Å². The third-order valence-electron chi connectivity index (χ3n) is 2.11. The molecule has 1 N–H and O–H groups in total. The molecule has 0 amide bonds. The number of hydrogen-bond donors (Lipinski definition) is 1. The van der Waals surface area contributed by atoms with Crippen molar-refractivity contribution in [3.63, 3.8) is 0 Å². The van der Waals surface area contributed by atoms with E-state index in [1.807, 2.05) is 0 Å². The highest BCUT2D eigenvalue weighted by molar-refractivity contribution is 5.08. The molecular weight excluding hydrogens is 170 g/mol. The normalized spacial score (nSPS) is 14.2. The summed E-state index contributed by atoms with van der Waals surface area (Å²) in [6, 6.07) is 0. The van der Waals surface area contributed by atoms with E-state index in [4.69, 9.17) is 0 Å². The molecular formula is C13H27N. The van der Waals surface area contributed by atoms with Crippen LogP contribution in [0.15, 0.2) is 11.6 Å². The maximum atomic E-state index is 3.54. The summed E-state index contributed by atoms with van der Waals surface area (Å²) in [7, 11) is 0. The van der Waals surface area contributed by atoms with Crippen LogP contribution < -0.4 is 5.32 Å². The average molecular weight is 197 g/mol. The fourth-order valence-corrected chi connectivity index (χ4v) is 1.25. The van der Waals surface area contributed by atoms with Crippen molar-refractivity contribution in [1.29, 1.82) is 0 Å². The maximum Gasteiger partial charge on any atom is 0.0172 e. The largest absolute Gasteiger partial charge is 0.308 e. The third-order valence-corrected chi connectivity index (χ3v) is 2.11. The number of hydrogen-bond acceptors (Lipinski definition) is 1. The van der Waals surface area contributed by atoms with E-state index in [9.17, 15) is 0 Å². The van der Waals surface area contributed by atoms with Crippen molar-refractivity contribution >= 4 is 0 Å². The van der Waals surface area contributed by atoms with Crippen LogP contribution in [-0.2, 0) is 0 Å². The standard InChI is InChI=1S/C13H27N/c1-10(2)8-12(11(3)4)9-14-13(5,6)7/h8,10-11,14H,9H2,1-7H3. The van der Waals surface area contributed by atoms with Gasteiger partial charge in [-0.15, -0.1) is 0 Å². The van der Waals surface area contributed by atoms with Crippen molar-refractivity contribution in [2.75, 3.05) is 6.54 Å². The Kier molecular flexibility index (Phi) is 5.43. The van der Waals surface area contributed by atoms with E-state index < -0.39 is 0 Å². The molecule has 0 aliphatic carbocycles. The Morgan fingerprint density at radius 3 is 1.93 bits per heavy atom. The lowest BCUT2D eigenvalue weighted by molar-refractivity contribution is 0.435. The van der Waals surface area contributed by atoms with Crippen molar-refractivity contribution in [1.82, 2.24) is 5.32 Å². The summed E-state index contributed by atoms with van der Waals surface area (Å²) in [5, 5.41) is 3.54. The Morgan fingerprint density at radius 1 is 1.14 bits per heavy atom. The predicted octanol–water partition coefficient (Wildman–Crippen LogP) is 3.61. The first-order valence-corrected chi connectivity index (χ1v) is 5.68. The minimum Gasteiger partial charge on any atom is -0.308 e. The molecule has 14 heavy (non-hydrogen) atoms. The molecule has 0 radical (unpaired) electrons. The number of allylic oxidation sites excluding steroid dienone is 1. The Balaban J connectivity index is 4.26. The third kappa shape index (κ3) is 7.14. The monoisotopic (exact) mass is 197 g/mol. The second-order valence-corrected chi connectivity index (χ2v) is 5.74. The molecule has 0 bridgehead atoms. The quantitative estimate of drug-likeness (QED) is 0.679. The van der Waals surface area contributed by atoms with Crippen LogP contribution in [0.4, 0.5) is 0 Å². The highest BCUT2D eigenvalue weighted by Gasteiger charge is 2.11. The van der Waals surface area contributed by atoms with Crippen LogP contribution in [0, 0.1) is 11.8 Å². The zero-order valence-corrected chi connectivity index (χ0v) is 10.9. The van der Waals surface area contributed by atoms with Crippen LogP contribution in [0.2, 0.25) is 0 Å². The van der Waals surface area contributed by atoms with Gasteiger partial charge in [-0.05, 0) is 32.6 Å². The molecule has 1 heteroatoms.